The molecule has 2 nitrogen and oxygen atoms in total. The van der Waals surface area contributed by atoms with Crippen LogP contribution in [0.1, 0.15) is 46.3 Å². The zero-order valence-corrected chi connectivity index (χ0v) is 21.7. The van der Waals surface area contributed by atoms with Crippen molar-refractivity contribution in [3.05, 3.63) is 66.2 Å². The molecule has 29 heavy (non-hydrogen) atoms. The first-order valence-electron chi connectivity index (χ1n) is 10.6. The first-order valence-corrected chi connectivity index (χ1v) is 15.3. The van der Waals surface area contributed by atoms with Crippen molar-refractivity contribution in [2.24, 2.45) is 5.41 Å². The Labute approximate surface area is 184 Å². The molecule has 1 saturated heterocycles. The summed E-state index contributed by atoms with van der Waals surface area (Å²) < 4.78 is 15.1. The van der Waals surface area contributed by atoms with Gasteiger partial charge in [-0.05, 0) is 0 Å². The fourth-order valence-corrected chi connectivity index (χ4v) is 8.41. The van der Waals surface area contributed by atoms with Crippen LogP contribution in [0.2, 0.25) is 22.9 Å². The topological polar surface area (TPSA) is 18.5 Å². The van der Waals surface area contributed by atoms with E-state index in [0.29, 0.717) is 4.82 Å². The number of hydrogen-bond donors (Lipinski definition) is 0. The molecule has 2 aromatic rings. The summed E-state index contributed by atoms with van der Waals surface area (Å²) in [7, 11) is -1.92. The van der Waals surface area contributed by atoms with Crippen LogP contribution in [-0.4, -0.2) is 36.0 Å². The van der Waals surface area contributed by atoms with E-state index in [2.05, 4.69) is 108 Å². The van der Waals surface area contributed by atoms with E-state index in [4.69, 9.17) is 9.16 Å². The van der Waals surface area contributed by atoms with E-state index >= 15 is 0 Å². The standard InChI is InChI=1S/C25H36O2SeSi/c1-24(2,3)29(6,7)27-23-22(28-20-16-12-9-13-17-20)21(26-18-25(23,4)5)19-14-10-8-11-15-19/h8-17,21-23H,18H2,1-7H3/t21-,22-,23-/m1/s1. The van der Waals surface area contributed by atoms with E-state index in [-0.39, 0.29) is 37.6 Å². The Hall–Kier alpha value is -0.904. The average molecular weight is 476 g/mol. The molecule has 0 saturated carbocycles. The molecule has 0 unspecified atom stereocenters. The third kappa shape index (κ3) is 5.23. The molecule has 0 spiro atoms. The Morgan fingerprint density at radius 2 is 1.52 bits per heavy atom. The maximum absolute atomic E-state index is 7.17. The monoisotopic (exact) mass is 476 g/mol. The molecule has 2 aromatic carbocycles. The summed E-state index contributed by atoms with van der Waals surface area (Å²) in [6.07, 6.45) is 0.266. The number of ether oxygens (including phenoxy) is 1. The van der Waals surface area contributed by atoms with Crippen LogP contribution in [0.15, 0.2) is 60.7 Å². The normalized spacial score (nSPS) is 25.0. The summed E-state index contributed by atoms with van der Waals surface area (Å²) in [5, 5.41) is 0.188. The van der Waals surface area contributed by atoms with Crippen LogP contribution < -0.4 is 4.46 Å². The fraction of sp³-hybridized carbons (Fsp3) is 0.520. The third-order valence-corrected chi connectivity index (χ3v) is 13.6. The average Bonchev–Trinajstić information content (AvgIpc) is 2.65. The van der Waals surface area contributed by atoms with Gasteiger partial charge >= 0.3 is 185 Å². The molecule has 3 rings (SSSR count). The minimum absolute atomic E-state index is 0.0119. The van der Waals surface area contributed by atoms with Crippen LogP contribution in [0.25, 0.3) is 0 Å². The Kier molecular flexibility index (Phi) is 6.82. The predicted molar refractivity (Wildman–Crippen MR) is 127 cm³/mol. The summed E-state index contributed by atoms with van der Waals surface area (Å²) in [5.41, 5.74) is 1.26. The molecule has 1 aliphatic heterocycles. The van der Waals surface area contributed by atoms with Gasteiger partial charge in [0.1, 0.15) is 0 Å². The van der Waals surface area contributed by atoms with Crippen LogP contribution in [0.3, 0.4) is 0 Å². The van der Waals surface area contributed by atoms with Crippen molar-refractivity contribution in [3.63, 3.8) is 0 Å². The summed E-state index contributed by atoms with van der Waals surface area (Å²) >= 11 is 0.256. The van der Waals surface area contributed by atoms with Gasteiger partial charge in [-0.2, -0.15) is 0 Å². The van der Waals surface area contributed by atoms with Crippen molar-refractivity contribution in [1.82, 2.24) is 0 Å². The van der Waals surface area contributed by atoms with Crippen LogP contribution in [0.4, 0.5) is 0 Å². The number of rotatable bonds is 5. The molecule has 4 heteroatoms. The quantitative estimate of drug-likeness (QED) is 0.495. The molecule has 158 valence electrons. The zero-order chi connectivity index (χ0) is 21.3. The molecule has 0 aliphatic carbocycles. The van der Waals surface area contributed by atoms with Crippen LogP contribution in [-0.2, 0) is 9.16 Å². The van der Waals surface area contributed by atoms with Gasteiger partial charge in [0, 0.05) is 0 Å². The predicted octanol–water partition coefficient (Wildman–Crippen LogP) is 5.99. The second-order valence-corrected chi connectivity index (χ2v) is 17.7. The minimum atomic E-state index is -1.92. The van der Waals surface area contributed by atoms with Gasteiger partial charge in [0.25, 0.3) is 0 Å². The van der Waals surface area contributed by atoms with Gasteiger partial charge in [0.15, 0.2) is 0 Å². The summed E-state index contributed by atoms with van der Waals surface area (Å²) in [6.45, 7) is 17.1. The Balaban J connectivity index is 2.01. The summed E-state index contributed by atoms with van der Waals surface area (Å²) in [6, 6.07) is 21.6. The molecule has 0 amide bonds. The van der Waals surface area contributed by atoms with E-state index in [9.17, 15) is 0 Å². The van der Waals surface area contributed by atoms with Gasteiger partial charge in [-0.15, -0.1) is 0 Å². The zero-order valence-electron chi connectivity index (χ0n) is 18.9. The first-order chi connectivity index (χ1) is 13.5. The van der Waals surface area contributed by atoms with E-state index in [1.54, 1.807) is 0 Å². The Morgan fingerprint density at radius 3 is 2.07 bits per heavy atom. The molecular weight excluding hydrogens is 439 g/mol. The number of hydrogen-bond acceptors (Lipinski definition) is 2. The molecule has 0 bridgehead atoms. The molecule has 1 fully saturated rings. The van der Waals surface area contributed by atoms with E-state index < -0.39 is 8.32 Å². The molecule has 3 atom stereocenters. The molecule has 1 heterocycles. The maximum atomic E-state index is 7.17. The molecule has 1 aliphatic rings. The third-order valence-electron chi connectivity index (χ3n) is 6.37. The van der Waals surface area contributed by atoms with E-state index in [1.165, 1.54) is 10.0 Å². The Bertz CT molecular complexity index is 783. The molecule has 0 radical (unpaired) electrons. The second-order valence-electron chi connectivity index (χ2n) is 10.3. The van der Waals surface area contributed by atoms with Gasteiger partial charge in [-0.1, -0.05) is 0 Å². The SMILES string of the molecule is CC1(C)CO[C@H](c2ccccc2)[C@@H]([Se]c2ccccc2)[C@H]1O[Si](C)(C)C(C)(C)C. The van der Waals surface area contributed by atoms with Crippen molar-refractivity contribution in [3.8, 4) is 0 Å². The molecule has 0 aromatic heterocycles. The van der Waals surface area contributed by atoms with Crippen LogP contribution in [0.5, 0.6) is 0 Å². The van der Waals surface area contributed by atoms with Gasteiger partial charge in [0.2, 0.25) is 0 Å². The van der Waals surface area contributed by atoms with Crippen molar-refractivity contribution in [2.45, 2.75) is 69.8 Å². The Morgan fingerprint density at radius 1 is 0.966 bits per heavy atom. The van der Waals surface area contributed by atoms with E-state index in [0.717, 1.165) is 6.61 Å². The van der Waals surface area contributed by atoms with Gasteiger partial charge in [0.05, 0.1) is 0 Å². The van der Waals surface area contributed by atoms with Crippen molar-refractivity contribution >= 4 is 27.7 Å². The van der Waals surface area contributed by atoms with Crippen molar-refractivity contribution < 1.29 is 9.16 Å². The van der Waals surface area contributed by atoms with Crippen molar-refractivity contribution in [2.75, 3.05) is 6.61 Å². The first kappa shape index (κ1) is 22.8. The van der Waals surface area contributed by atoms with Gasteiger partial charge in [-0.3, -0.25) is 0 Å². The molecule has 0 N–H and O–H groups in total. The number of benzene rings is 2. The van der Waals surface area contributed by atoms with E-state index in [1.807, 2.05) is 0 Å². The fourth-order valence-electron chi connectivity index (χ4n) is 3.51. The second kappa shape index (κ2) is 8.68. The molecular formula is C25H36O2SeSi. The van der Waals surface area contributed by atoms with Gasteiger partial charge < -0.3 is 0 Å². The van der Waals surface area contributed by atoms with Crippen molar-refractivity contribution in [1.29, 1.82) is 0 Å². The van der Waals surface area contributed by atoms with Gasteiger partial charge in [-0.25, -0.2) is 0 Å². The van der Waals surface area contributed by atoms with Crippen LogP contribution >= 0.6 is 0 Å². The summed E-state index contributed by atoms with van der Waals surface area (Å²) in [5.74, 6) is 0. The summed E-state index contributed by atoms with van der Waals surface area (Å²) in [4.78, 5) is 0.338. The van der Waals surface area contributed by atoms with Crippen LogP contribution in [0, 0.1) is 5.41 Å².